The fraction of sp³-hybridized carbons (Fsp3) is 0.405. The van der Waals surface area contributed by atoms with Gasteiger partial charge in [-0.2, -0.15) is 0 Å². The van der Waals surface area contributed by atoms with Crippen molar-refractivity contribution < 1.29 is 61.2 Å². The van der Waals surface area contributed by atoms with E-state index >= 15 is 8.78 Å². The smallest absolute Gasteiger partial charge is 0.306 e. The molecular formula is C37H39F2N3O11S. The summed E-state index contributed by atoms with van der Waals surface area (Å²) < 4.78 is 59.0. The maximum Gasteiger partial charge on any atom is 0.306 e. The van der Waals surface area contributed by atoms with Crippen LogP contribution >= 0.6 is 11.3 Å². The number of hydrogen-bond donors (Lipinski definition) is 1. The van der Waals surface area contributed by atoms with E-state index in [4.69, 9.17) is 23.7 Å². The second-order valence-corrected chi connectivity index (χ2v) is 13.5. The van der Waals surface area contributed by atoms with Gasteiger partial charge in [-0.15, -0.1) is 11.3 Å². The molecule has 1 atom stereocenters. The van der Waals surface area contributed by atoms with Gasteiger partial charge in [-0.1, -0.05) is 6.92 Å². The molecule has 2 aliphatic rings. The minimum absolute atomic E-state index is 0.00376. The number of methoxy groups -OCH3 is 2. The molecule has 2 aliphatic heterocycles. The molecule has 14 nitrogen and oxygen atoms in total. The van der Waals surface area contributed by atoms with E-state index in [2.05, 4.69) is 5.32 Å². The Balaban J connectivity index is 1.11. The molecule has 0 bridgehead atoms. The van der Waals surface area contributed by atoms with Crippen molar-refractivity contribution in [1.29, 1.82) is 0 Å². The Morgan fingerprint density at radius 1 is 0.907 bits per heavy atom. The highest BCUT2D eigenvalue weighted by Crippen LogP contribution is 2.41. The first-order chi connectivity index (χ1) is 25.8. The Morgan fingerprint density at radius 2 is 1.56 bits per heavy atom. The predicted octanol–water partition coefficient (Wildman–Crippen LogP) is 4.23. The molecule has 0 fully saturated rings. The summed E-state index contributed by atoms with van der Waals surface area (Å²) in [6.45, 7) is 3.12. The maximum atomic E-state index is 15.7. The highest BCUT2D eigenvalue weighted by molar-refractivity contribution is 7.20. The summed E-state index contributed by atoms with van der Waals surface area (Å²) >= 11 is 1.02. The minimum Gasteiger partial charge on any atom is -0.493 e. The number of ether oxygens (including phenoxy) is 5. The van der Waals surface area contributed by atoms with Gasteiger partial charge in [0, 0.05) is 66.2 Å². The summed E-state index contributed by atoms with van der Waals surface area (Å²) in [5.74, 6) is -4.33. The van der Waals surface area contributed by atoms with E-state index in [1.54, 1.807) is 24.0 Å². The lowest BCUT2D eigenvalue weighted by atomic mass is 10.1. The molecule has 0 spiro atoms. The van der Waals surface area contributed by atoms with Gasteiger partial charge in [0.05, 0.1) is 45.3 Å². The molecule has 5 rings (SSSR count). The lowest BCUT2D eigenvalue weighted by molar-refractivity contribution is -0.148. The second kappa shape index (κ2) is 17.5. The molecule has 4 amide bonds. The van der Waals surface area contributed by atoms with E-state index in [1.807, 2.05) is 0 Å². The molecular weight excluding hydrogens is 732 g/mol. The molecule has 0 radical (unpaired) electrons. The number of esters is 1. The van der Waals surface area contributed by atoms with Gasteiger partial charge >= 0.3 is 5.97 Å². The first kappa shape index (κ1) is 39.6. The van der Waals surface area contributed by atoms with Crippen LogP contribution in [0.3, 0.4) is 0 Å². The summed E-state index contributed by atoms with van der Waals surface area (Å²) in [4.78, 5) is 75.3. The number of halogens is 2. The molecule has 0 saturated heterocycles. The molecule has 0 aliphatic carbocycles. The van der Waals surface area contributed by atoms with Crippen LogP contribution in [0, 0.1) is 11.6 Å². The second-order valence-electron chi connectivity index (χ2n) is 12.4. The molecule has 3 aromatic rings. The molecule has 54 heavy (non-hydrogen) atoms. The van der Waals surface area contributed by atoms with Crippen LogP contribution in [0.1, 0.15) is 60.3 Å². The number of carbonyl (C=O) groups is 6. The number of imide groups is 1. The Kier molecular flexibility index (Phi) is 12.8. The monoisotopic (exact) mass is 771 g/mol. The number of ketones is 1. The van der Waals surface area contributed by atoms with E-state index < -0.39 is 53.8 Å². The summed E-state index contributed by atoms with van der Waals surface area (Å²) in [5.41, 5.74) is 1.03. The largest absolute Gasteiger partial charge is 0.493 e. The zero-order valence-corrected chi connectivity index (χ0v) is 30.9. The number of thiophene rings is 1. The van der Waals surface area contributed by atoms with Crippen LogP contribution in [-0.4, -0.2) is 91.8 Å². The Morgan fingerprint density at radius 3 is 2.20 bits per heavy atom. The molecule has 1 N–H and O–H groups in total. The van der Waals surface area contributed by atoms with Gasteiger partial charge in [-0.3, -0.25) is 33.7 Å². The van der Waals surface area contributed by atoms with Crippen molar-refractivity contribution in [2.45, 2.75) is 58.7 Å². The van der Waals surface area contributed by atoms with Gasteiger partial charge in [-0.25, -0.2) is 8.78 Å². The molecule has 288 valence electrons. The van der Waals surface area contributed by atoms with Crippen molar-refractivity contribution in [2.75, 3.05) is 40.5 Å². The van der Waals surface area contributed by atoms with Gasteiger partial charge in [0.2, 0.25) is 11.8 Å². The number of amides is 4. The third-order valence-corrected chi connectivity index (χ3v) is 9.73. The van der Waals surface area contributed by atoms with Crippen LogP contribution in [0.25, 0.3) is 10.1 Å². The van der Waals surface area contributed by atoms with Gasteiger partial charge in [0.25, 0.3) is 11.8 Å². The average Bonchev–Trinajstić information content (AvgIpc) is 3.88. The van der Waals surface area contributed by atoms with Gasteiger partial charge < -0.3 is 33.9 Å². The third-order valence-electron chi connectivity index (χ3n) is 8.60. The number of nitrogens with zero attached hydrogens (tertiary/aromatic N) is 2. The van der Waals surface area contributed by atoms with Gasteiger partial charge in [0.1, 0.15) is 12.6 Å². The van der Waals surface area contributed by atoms with Crippen molar-refractivity contribution in [3.8, 4) is 23.0 Å². The SMILES string of the molecule is CCC(=O)N1Cc2cc(OC)c(OCCCOc3c(OC)cc4sc(C(=O)CCC(=O)O[C@@H](C)CNC(=O)CN5C(=O)C=CC5=O)cc4c3F)c(F)c2C1. The topological polar surface area (TPSA) is 167 Å². The highest BCUT2D eigenvalue weighted by Gasteiger charge is 2.30. The number of hydrogen-bond acceptors (Lipinski definition) is 12. The molecule has 0 saturated carbocycles. The lowest BCUT2D eigenvalue weighted by Crippen LogP contribution is -2.42. The number of fused-ring (bicyclic) bond motifs is 2. The van der Waals surface area contributed by atoms with Gasteiger partial charge in [0.15, 0.2) is 40.4 Å². The van der Waals surface area contributed by atoms with Crippen molar-refractivity contribution >= 4 is 56.8 Å². The number of nitrogens with one attached hydrogen (secondary N) is 1. The Bertz CT molecular complexity index is 2000. The fourth-order valence-corrected chi connectivity index (χ4v) is 6.84. The lowest BCUT2D eigenvalue weighted by Gasteiger charge is -2.16. The number of Topliss-reactive ketones (excluding diaryl/α,β-unsaturated/α-hetero) is 1. The zero-order chi connectivity index (χ0) is 39.1. The molecule has 3 heterocycles. The van der Waals surface area contributed by atoms with E-state index in [-0.39, 0.29) is 91.3 Å². The first-order valence-corrected chi connectivity index (χ1v) is 17.9. The average molecular weight is 772 g/mol. The van der Waals surface area contributed by atoms with E-state index in [1.165, 1.54) is 27.2 Å². The molecule has 0 unspecified atom stereocenters. The number of benzene rings is 2. The minimum atomic E-state index is -0.761. The van der Waals surface area contributed by atoms with Crippen molar-refractivity contribution in [2.24, 2.45) is 0 Å². The number of carbonyl (C=O) groups excluding carboxylic acids is 6. The molecule has 1 aromatic heterocycles. The van der Waals surface area contributed by atoms with Crippen LogP contribution < -0.4 is 24.3 Å². The van der Waals surface area contributed by atoms with Crippen LogP contribution in [0.2, 0.25) is 0 Å². The summed E-state index contributed by atoms with van der Waals surface area (Å²) in [7, 11) is 2.74. The van der Waals surface area contributed by atoms with Crippen molar-refractivity contribution in [3.63, 3.8) is 0 Å². The third kappa shape index (κ3) is 8.95. The summed E-state index contributed by atoms with van der Waals surface area (Å²) in [6.07, 6.45) is 1.41. The quantitative estimate of drug-likeness (QED) is 0.0851. The molecule has 17 heteroatoms. The van der Waals surface area contributed by atoms with Crippen LogP contribution in [0.4, 0.5) is 8.78 Å². The summed E-state index contributed by atoms with van der Waals surface area (Å²) in [6, 6.07) is 4.57. The van der Waals surface area contributed by atoms with Crippen LogP contribution in [0.15, 0.2) is 30.4 Å². The predicted molar refractivity (Wildman–Crippen MR) is 189 cm³/mol. The Labute approximate surface area is 312 Å². The van der Waals surface area contributed by atoms with Crippen molar-refractivity contribution in [3.05, 3.63) is 58.0 Å². The van der Waals surface area contributed by atoms with Crippen LogP contribution in [-0.2, 0) is 41.8 Å². The van der Waals surface area contributed by atoms with Gasteiger partial charge in [-0.05, 0) is 24.6 Å². The highest BCUT2D eigenvalue weighted by atomic mass is 32.1. The fourth-order valence-electron chi connectivity index (χ4n) is 5.79. The van der Waals surface area contributed by atoms with E-state index in [0.29, 0.717) is 22.2 Å². The van der Waals surface area contributed by atoms with E-state index in [9.17, 15) is 28.8 Å². The number of rotatable bonds is 18. The first-order valence-electron chi connectivity index (χ1n) is 17.1. The van der Waals surface area contributed by atoms with Crippen LogP contribution in [0.5, 0.6) is 23.0 Å². The zero-order valence-electron chi connectivity index (χ0n) is 30.1. The standard InChI is InChI=1S/C37H39F2N3O11S/c1-5-30(45)41-17-21-13-25(49-3)36(35(39)23(21)18-41)51-11-6-12-52-37-26(50-4)15-27-22(34(37)38)14-28(54-27)24(43)7-10-33(48)53-20(2)16-40-29(44)19-42-31(46)8-9-32(42)47/h8-9,13-15,20H,5-7,10-12,16-19H2,1-4H3,(H,40,44)/t20-/m0/s1. The van der Waals surface area contributed by atoms with Crippen molar-refractivity contribution in [1.82, 2.24) is 15.1 Å². The maximum absolute atomic E-state index is 15.7. The Hall–Kier alpha value is -5.58. The van der Waals surface area contributed by atoms with E-state index in [0.717, 1.165) is 28.4 Å². The normalized spacial score (nSPS) is 14.0. The molecule has 2 aromatic carbocycles. The summed E-state index contributed by atoms with van der Waals surface area (Å²) in [5, 5.41) is 2.60.